The fourth-order valence-corrected chi connectivity index (χ4v) is 3.42. The zero-order valence-corrected chi connectivity index (χ0v) is 19.4. The van der Waals surface area contributed by atoms with E-state index in [4.69, 9.17) is 16.0 Å². The fraction of sp³-hybridized carbons (Fsp3) is 0.364. The van der Waals surface area contributed by atoms with Gasteiger partial charge in [0.15, 0.2) is 0 Å². The number of alkyl halides is 2. The number of likely N-dealkylation sites (tertiary alicyclic amines) is 1. The van der Waals surface area contributed by atoms with E-state index < -0.39 is 18.1 Å². The molecule has 0 atom stereocenters. The summed E-state index contributed by atoms with van der Waals surface area (Å²) in [5.74, 6) is -1.43. The van der Waals surface area contributed by atoms with Gasteiger partial charge in [-0.05, 0) is 57.3 Å². The van der Waals surface area contributed by atoms with Gasteiger partial charge >= 0.3 is 12.5 Å². The number of carbonyl (C=O) groups excluding carboxylic acids is 1. The van der Waals surface area contributed by atoms with E-state index in [1.165, 1.54) is 29.3 Å². The molecule has 0 aliphatic carbocycles. The van der Waals surface area contributed by atoms with Crippen LogP contribution in [0, 0.1) is 5.82 Å². The van der Waals surface area contributed by atoms with E-state index in [0.717, 1.165) is 12.8 Å². The van der Waals surface area contributed by atoms with Crippen molar-refractivity contribution >= 4 is 23.3 Å². The van der Waals surface area contributed by atoms with E-state index in [0.29, 0.717) is 30.0 Å². The number of anilines is 1. The maximum atomic E-state index is 13.6. The van der Waals surface area contributed by atoms with E-state index >= 15 is 0 Å². The Labute approximate surface area is 199 Å². The lowest BCUT2D eigenvalue weighted by Gasteiger charge is -2.28. The number of nitrogens with zero attached hydrogens (tertiary/aromatic N) is 5. The molecule has 2 aromatic heterocycles. The van der Waals surface area contributed by atoms with Crippen LogP contribution in [0.5, 0.6) is 0 Å². The highest BCUT2D eigenvalue weighted by Crippen LogP contribution is 2.27. The maximum absolute atomic E-state index is 13.6. The molecule has 12 heteroatoms. The number of aromatic nitrogens is 3. The Morgan fingerprint density at radius 3 is 2.47 bits per heavy atom. The smallest absolute Gasteiger partial charge is 0.324 e. The van der Waals surface area contributed by atoms with Gasteiger partial charge in [0.05, 0.1) is 22.8 Å². The molecule has 34 heavy (non-hydrogen) atoms. The molecule has 0 saturated carbocycles. The maximum Gasteiger partial charge on any atom is 0.324 e. The van der Waals surface area contributed by atoms with Crippen molar-refractivity contribution in [1.82, 2.24) is 25.4 Å². The second kappa shape index (κ2) is 11.8. The number of hydrogen-bond donors (Lipinski definition) is 1. The number of pyridine rings is 1. The molecule has 1 saturated heterocycles. The van der Waals surface area contributed by atoms with Gasteiger partial charge in [0.2, 0.25) is 5.89 Å². The summed E-state index contributed by atoms with van der Waals surface area (Å²) in [4.78, 5) is 20.6. The minimum absolute atomic E-state index is 0.0790. The average Bonchev–Trinajstić information content (AvgIpc) is 3.53. The van der Waals surface area contributed by atoms with Gasteiger partial charge in [-0.2, -0.15) is 8.78 Å². The molecule has 3 heterocycles. The summed E-state index contributed by atoms with van der Waals surface area (Å²) >= 11 is 5.92. The van der Waals surface area contributed by atoms with Crippen LogP contribution in [0.25, 0.3) is 11.5 Å². The Balaban J connectivity index is 0.00000103. The largest absolute Gasteiger partial charge is 0.415 e. The van der Waals surface area contributed by atoms with Crippen LogP contribution < -0.4 is 10.2 Å². The van der Waals surface area contributed by atoms with Crippen molar-refractivity contribution in [3.63, 3.8) is 0 Å². The number of benzene rings is 1. The molecule has 1 aromatic carbocycles. The lowest BCUT2D eigenvalue weighted by molar-refractivity contribution is 0.116. The zero-order chi connectivity index (χ0) is 24.7. The molecule has 1 N–H and O–H groups in total. The fourth-order valence-electron chi connectivity index (χ4n) is 3.25. The standard InChI is InChI=1S/C20H17ClF3N5O2.C2H7N/c21-15-9-14(5-6-16(15)22)29(20(30)28-7-1-2-8-28)11-13-4-3-12(10-25-13)18-26-27-19(31-18)17(23)24;1-3-2/h3-6,9-10,17H,1-2,7-8,11H2;3H,1-2H3. The van der Waals surface area contributed by atoms with Crippen molar-refractivity contribution in [2.24, 2.45) is 0 Å². The summed E-state index contributed by atoms with van der Waals surface area (Å²) in [6.07, 6.45) is 0.373. The number of nitrogens with one attached hydrogen (secondary N) is 1. The van der Waals surface area contributed by atoms with E-state index in [2.05, 4.69) is 20.5 Å². The van der Waals surface area contributed by atoms with Gasteiger partial charge in [-0.25, -0.2) is 9.18 Å². The average molecular weight is 497 g/mol. The monoisotopic (exact) mass is 496 g/mol. The van der Waals surface area contributed by atoms with Crippen LogP contribution in [-0.4, -0.2) is 53.3 Å². The Kier molecular flexibility index (Phi) is 8.83. The van der Waals surface area contributed by atoms with Crippen LogP contribution in [0.4, 0.5) is 23.7 Å². The van der Waals surface area contributed by atoms with E-state index in [9.17, 15) is 18.0 Å². The first-order chi connectivity index (χ1) is 16.3. The normalized spacial score (nSPS) is 13.1. The van der Waals surface area contributed by atoms with Gasteiger partial charge in [-0.15, -0.1) is 10.2 Å². The molecule has 0 bridgehead atoms. The minimum atomic E-state index is -2.86. The summed E-state index contributed by atoms with van der Waals surface area (Å²) < 4.78 is 43.8. The van der Waals surface area contributed by atoms with Gasteiger partial charge in [-0.1, -0.05) is 11.6 Å². The molecule has 0 spiro atoms. The van der Waals surface area contributed by atoms with Crippen molar-refractivity contribution in [2.45, 2.75) is 25.8 Å². The first kappa shape index (κ1) is 25.4. The van der Waals surface area contributed by atoms with Gasteiger partial charge in [0.25, 0.3) is 5.89 Å². The van der Waals surface area contributed by atoms with Crippen molar-refractivity contribution in [2.75, 3.05) is 32.1 Å². The number of amides is 2. The van der Waals surface area contributed by atoms with Gasteiger partial charge in [0.1, 0.15) is 5.82 Å². The molecule has 8 nitrogen and oxygen atoms in total. The SMILES string of the molecule is CNC.O=C(N1CCCC1)N(Cc1ccc(-c2nnc(C(F)F)o2)cn1)c1ccc(F)c(Cl)c1. The van der Waals surface area contributed by atoms with Crippen molar-refractivity contribution in [3.05, 3.63) is 59.0 Å². The second-order valence-electron chi connectivity index (χ2n) is 7.45. The lowest BCUT2D eigenvalue weighted by atomic mass is 10.2. The number of rotatable bonds is 5. The molecular formula is C22H24ClF3N6O2. The summed E-state index contributed by atoms with van der Waals surface area (Å²) in [5.41, 5.74) is 1.32. The minimum Gasteiger partial charge on any atom is -0.415 e. The third-order valence-electron chi connectivity index (χ3n) is 4.84. The van der Waals surface area contributed by atoms with Crippen LogP contribution in [0.15, 0.2) is 40.9 Å². The van der Waals surface area contributed by atoms with Crippen LogP contribution in [0.1, 0.15) is 30.9 Å². The van der Waals surface area contributed by atoms with E-state index in [-0.39, 0.29) is 23.5 Å². The van der Waals surface area contributed by atoms with Crippen LogP contribution in [-0.2, 0) is 6.54 Å². The third kappa shape index (κ3) is 6.23. The van der Waals surface area contributed by atoms with Gasteiger partial charge < -0.3 is 14.6 Å². The summed E-state index contributed by atoms with van der Waals surface area (Å²) in [7, 11) is 3.75. The lowest BCUT2D eigenvalue weighted by Crippen LogP contribution is -2.41. The Morgan fingerprint density at radius 1 is 1.21 bits per heavy atom. The highest BCUT2D eigenvalue weighted by Gasteiger charge is 2.26. The van der Waals surface area contributed by atoms with Crippen molar-refractivity contribution in [3.8, 4) is 11.5 Å². The first-order valence-corrected chi connectivity index (χ1v) is 10.9. The number of carbonyl (C=O) groups is 1. The number of halogens is 4. The first-order valence-electron chi connectivity index (χ1n) is 10.5. The summed E-state index contributed by atoms with van der Waals surface area (Å²) in [5, 5.41) is 9.53. The highest BCUT2D eigenvalue weighted by atomic mass is 35.5. The van der Waals surface area contributed by atoms with Crippen LogP contribution in [0.3, 0.4) is 0 Å². The Morgan fingerprint density at radius 2 is 1.91 bits per heavy atom. The Bertz CT molecular complexity index is 1090. The molecule has 182 valence electrons. The quantitative estimate of drug-likeness (QED) is 0.539. The van der Waals surface area contributed by atoms with Gasteiger partial charge in [-0.3, -0.25) is 9.88 Å². The molecule has 0 radical (unpaired) electrons. The molecule has 1 aliphatic heterocycles. The van der Waals surface area contributed by atoms with Crippen molar-refractivity contribution in [1.29, 1.82) is 0 Å². The molecule has 4 rings (SSSR count). The predicted molar refractivity (Wildman–Crippen MR) is 121 cm³/mol. The molecule has 2 amide bonds. The molecule has 1 fully saturated rings. The topological polar surface area (TPSA) is 87.4 Å². The molecule has 1 aliphatic rings. The third-order valence-corrected chi connectivity index (χ3v) is 5.13. The van der Waals surface area contributed by atoms with Crippen molar-refractivity contribution < 1.29 is 22.4 Å². The summed E-state index contributed by atoms with van der Waals surface area (Å²) in [6, 6.07) is 7.05. The predicted octanol–water partition coefficient (Wildman–Crippen LogP) is 4.92. The Hall–Kier alpha value is -3.18. The molecular weight excluding hydrogens is 473 g/mol. The van der Waals surface area contributed by atoms with E-state index in [1.54, 1.807) is 17.0 Å². The molecule has 3 aromatic rings. The number of urea groups is 1. The van der Waals surface area contributed by atoms with Gasteiger partial charge in [0, 0.05) is 25.0 Å². The second-order valence-corrected chi connectivity index (χ2v) is 7.85. The molecule has 0 unspecified atom stereocenters. The number of hydrogen-bond acceptors (Lipinski definition) is 6. The van der Waals surface area contributed by atoms with E-state index in [1.807, 2.05) is 14.1 Å². The zero-order valence-electron chi connectivity index (χ0n) is 18.6. The van der Waals surface area contributed by atoms with Crippen LogP contribution in [0.2, 0.25) is 5.02 Å². The van der Waals surface area contributed by atoms with Crippen LogP contribution >= 0.6 is 11.6 Å². The highest BCUT2D eigenvalue weighted by molar-refractivity contribution is 6.31. The summed E-state index contributed by atoms with van der Waals surface area (Å²) in [6.45, 7) is 1.38.